The molecule has 0 unspecified atom stereocenters. The number of hydrogen-bond acceptors (Lipinski definition) is 5. The number of rotatable bonds is 5. The molecule has 0 aliphatic rings. The first-order chi connectivity index (χ1) is 15.3. The lowest BCUT2D eigenvalue weighted by Gasteiger charge is -2.14. The molecule has 2 N–H and O–H groups in total. The Balaban J connectivity index is 1.78. The number of benzene rings is 2. The van der Waals surface area contributed by atoms with Crippen LogP contribution in [0.25, 0.3) is 22.2 Å². The fraction of sp³-hybridized carbons (Fsp3) is 0.208. The van der Waals surface area contributed by atoms with Gasteiger partial charge in [-0.15, -0.1) is 0 Å². The fourth-order valence-corrected chi connectivity index (χ4v) is 3.44. The number of aromatic nitrogens is 3. The van der Waals surface area contributed by atoms with Gasteiger partial charge in [-0.25, -0.2) is 9.97 Å². The summed E-state index contributed by atoms with van der Waals surface area (Å²) in [5.41, 5.74) is 1.68. The van der Waals surface area contributed by atoms with Crippen LogP contribution >= 0.6 is 0 Å². The molecule has 5 nitrogen and oxygen atoms in total. The van der Waals surface area contributed by atoms with Gasteiger partial charge in [0.25, 0.3) is 0 Å². The summed E-state index contributed by atoms with van der Waals surface area (Å²) in [4.78, 5) is 12.6. The summed E-state index contributed by atoms with van der Waals surface area (Å²) in [7, 11) is 0. The normalized spacial score (nSPS) is 11.8. The zero-order valence-electron chi connectivity index (χ0n) is 17.5. The Morgan fingerprint density at radius 3 is 2.41 bits per heavy atom. The summed E-state index contributed by atoms with van der Waals surface area (Å²) in [6.45, 7) is 3.81. The van der Waals surface area contributed by atoms with E-state index in [-0.39, 0.29) is 17.1 Å². The van der Waals surface area contributed by atoms with Gasteiger partial charge in [-0.3, -0.25) is 4.98 Å². The first kappa shape index (κ1) is 21.7. The molecule has 0 bridgehead atoms. The Bertz CT molecular complexity index is 1250. The van der Waals surface area contributed by atoms with E-state index in [1.807, 2.05) is 24.3 Å². The maximum Gasteiger partial charge on any atom is 0.418 e. The monoisotopic (exact) mass is 438 g/mol. The second-order valence-electron chi connectivity index (χ2n) is 7.68. The van der Waals surface area contributed by atoms with Crippen molar-refractivity contribution in [2.75, 3.05) is 5.32 Å². The van der Waals surface area contributed by atoms with Crippen molar-refractivity contribution in [2.45, 2.75) is 32.5 Å². The topological polar surface area (TPSA) is 70.9 Å². The van der Waals surface area contributed by atoms with Crippen molar-refractivity contribution >= 4 is 22.4 Å². The summed E-state index contributed by atoms with van der Waals surface area (Å²) in [6, 6.07) is 14.9. The molecule has 2 heterocycles. The van der Waals surface area contributed by atoms with Gasteiger partial charge in [0, 0.05) is 22.8 Å². The highest BCUT2D eigenvalue weighted by Gasteiger charge is 2.34. The smallest absolute Gasteiger partial charge is 0.388 e. The molecule has 0 saturated heterocycles. The van der Waals surface area contributed by atoms with Gasteiger partial charge in [-0.05, 0) is 47.9 Å². The summed E-state index contributed by atoms with van der Waals surface area (Å²) >= 11 is 0. The lowest BCUT2D eigenvalue weighted by atomic mass is 10.0. The summed E-state index contributed by atoms with van der Waals surface area (Å²) in [6.07, 6.45) is -3.21. The van der Waals surface area contributed by atoms with Gasteiger partial charge in [-0.2, -0.15) is 13.2 Å². The highest BCUT2D eigenvalue weighted by molar-refractivity contribution is 5.93. The number of alkyl halides is 3. The maximum absolute atomic E-state index is 13.4. The van der Waals surface area contributed by atoms with E-state index in [0.717, 1.165) is 11.8 Å². The number of nitrogens with one attached hydrogen (secondary N) is 1. The average Bonchev–Trinajstić information content (AvgIpc) is 2.78. The van der Waals surface area contributed by atoms with E-state index in [0.29, 0.717) is 22.6 Å². The highest BCUT2D eigenvalue weighted by Crippen LogP contribution is 2.37. The molecule has 32 heavy (non-hydrogen) atoms. The summed E-state index contributed by atoms with van der Waals surface area (Å²) in [5, 5.41) is 13.4. The molecule has 0 aliphatic carbocycles. The Morgan fingerprint density at radius 2 is 1.75 bits per heavy atom. The molecule has 0 saturated carbocycles. The number of aliphatic hydroxyl groups is 1. The molecule has 4 rings (SSSR count). The van der Waals surface area contributed by atoms with Gasteiger partial charge in [-0.1, -0.05) is 32.0 Å². The second kappa shape index (κ2) is 8.55. The quantitative estimate of drug-likeness (QED) is 0.396. The number of fused-ring (bicyclic) bond motifs is 1. The van der Waals surface area contributed by atoms with E-state index in [1.165, 1.54) is 23.9 Å². The van der Waals surface area contributed by atoms with Gasteiger partial charge < -0.3 is 10.4 Å². The van der Waals surface area contributed by atoms with E-state index >= 15 is 0 Å². The van der Waals surface area contributed by atoms with E-state index in [4.69, 9.17) is 0 Å². The minimum atomic E-state index is -4.53. The minimum absolute atomic E-state index is 0.160. The van der Waals surface area contributed by atoms with Gasteiger partial charge in [0.15, 0.2) is 5.82 Å². The van der Waals surface area contributed by atoms with Crippen molar-refractivity contribution in [2.24, 2.45) is 0 Å². The average molecular weight is 438 g/mol. The molecule has 0 amide bonds. The number of aliphatic hydroxyl groups excluding tert-OH is 1. The second-order valence-corrected chi connectivity index (χ2v) is 7.68. The van der Waals surface area contributed by atoms with E-state index in [9.17, 15) is 18.3 Å². The molecule has 0 fully saturated rings. The first-order valence-corrected chi connectivity index (χ1v) is 10.1. The van der Waals surface area contributed by atoms with E-state index < -0.39 is 18.3 Å². The van der Waals surface area contributed by atoms with Crippen molar-refractivity contribution in [3.8, 4) is 11.3 Å². The number of nitrogens with zero attached hydrogens (tertiary/aromatic N) is 3. The molecule has 164 valence electrons. The highest BCUT2D eigenvalue weighted by atomic mass is 19.4. The van der Waals surface area contributed by atoms with Crippen molar-refractivity contribution in [3.63, 3.8) is 0 Å². The lowest BCUT2D eigenvalue weighted by Crippen LogP contribution is -2.08. The van der Waals surface area contributed by atoms with Crippen molar-refractivity contribution in [1.29, 1.82) is 0 Å². The van der Waals surface area contributed by atoms with Crippen molar-refractivity contribution in [1.82, 2.24) is 15.0 Å². The standard InChI is InChI=1S/C24H21F3N4O/c1-14(2)15-5-8-17(9-6-15)29-23-18-10-7-16(12-20(18)30-21(13-32)31-23)22-19(24(25,26)27)4-3-11-28-22/h3-12,14,32H,13H2,1-2H3,(H,29,30,31). The molecule has 0 radical (unpaired) electrons. The van der Waals surface area contributed by atoms with Crippen LogP contribution in [-0.4, -0.2) is 20.1 Å². The van der Waals surface area contributed by atoms with E-state index in [2.05, 4.69) is 34.1 Å². The van der Waals surface area contributed by atoms with E-state index in [1.54, 1.807) is 12.1 Å². The molecule has 4 aromatic rings. The minimum Gasteiger partial charge on any atom is -0.388 e. The Morgan fingerprint density at radius 1 is 1.00 bits per heavy atom. The molecule has 2 aromatic carbocycles. The molecular weight excluding hydrogens is 417 g/mol. The number of pyridine rings is 1. The predicted octanol–water partition coefficient (Wildman–Crippen LogP) is 6.07. The zero-order valence-corrected chi connectivity index (χ0v) is 17.5. The SMILES string of the molecule is CC(C)c1ccc(Nc2nc(CO)nc3cc(-c4ncccc4C(F)(F)F)ccc23)cc1. The number of anilines is 2. The summed E-state index contributed by atoms with van der Waals surface area (Å²) in [5.74, 6) is 1.02. The number of halogens is 3. The van der Waals surface area contributed by atoms with Crippen LogP contribution in [-0.2, 0) is 12.8 Å². The molecule has 0 aliphatic heterocycles. The van der Waals surface area contributed by atoms with Gasteiger partial charge in [0.2, 0.25) is 0 Å². The number of hydrogen-bond donors (Lipinski definition) is 2. The summed E-state index contributed by atoms with van der Waals surface area (Å²) < 4.78 is 40.3. The lowest BCUT2D eigenvalue weighted by molar-refractivity contribution is -0.137. The Kier molecular flexibility index (Phi) is 5.80. The molecular formula is C24H21F3N4O. The van der Waals surface area contributed by atoms with Crippen LogP contribution in [0.3, 0.4) is 0 Å². The van der Waals surface area contributed by atoms with Gasteiger partial charge >= 0.3 is 6.18 Å². The maximum atomic E-state index is 13.4. The van der Waals surface area contributed by atoms with Gasteiger partial charge in [0.1, 0.15) is 12.4 Å². The first-order valence-electron chi connectivity index (χ1n) is 10.1. The van der Waals surface area contributed by atoms with Crippen LogP contribution in [0, 0.1) is 0 Å². The van der Waals surface area contributed by atoms with Gasteiger partial charge in [0.05, 0.1) is 16.8 Å². The molecule has 8 heteroatoms. The third kappa shape index (κ3) is 4.40. The van der Waals surface area contributed by atoms with Crippen molar-refractivity contribution in [3.05, 3.63) is 77.7 Å². The fourth-order valence-electron chi connectivity index (χ4n) is 3.44. The van der Waals surface area contributed by atoms with Crippen LogP contribution in [0.4, 0.5) is 24.7 Å². The third-order valence-electron chi connectivity index (χ3n) is 5.11. The van der Waals surface area contributed by atoms with Crippen LogP contribution < -0.4 is 5.32 Å². The Labute approximate surface area is 183 Å². The van der Waals surface area contributed by atoms with Crippen LogP contribution in [0.15, 0.2) is 60.8 Å². The molecule has 2 aromatic heterocycles. The van der Waals surface area contributed by atoms with Crippen LogP contribution in [0.5, 0.6) is 0 Å². The predicted molar refractivity (Wildman–Crippen MR) is 118 cm³/mol. The Hall–Kier alpha value is -3.52. The third-order valence-corrected chi connectivity index (χ3v) is 5.11. The largest absolute Gasteiger partial charge is 0.418 e. The zero-order chi connectivity index (χ0) is 22.9. The molecule has 0 atom stereocenters. The molecule has 0 spiro atoms. The van der Waals surface area contributed by atoms with Crippen LogP contribution in [0.1, 0.15) is 36.7 Å². The van der Waals surface area contributed by atoms with Crippen LogP contribution in [0.2, 0.25) is 0 Å². The van der Waals surface area contributed by atoms with Crippen molar-refractivity contribution < 1.29 is 18.3 Å².